The second-order valence-corrected chi connectivity index (χ2v) is 3.91. The van der Waals surface area contributed by atoms with Crippen molar-refractivity contribution in [2.75, 3.05) is 0 Å². The second kappa shape index (κ2) is 2.49. The fraction of sp³-hybridized carbons (Fsp3) is 0.889. The van der Waals surface area contributed by atoms with Gasteiger partial charge in [-0.3, -0.25) is 0 Å². The number of hydrogen-bond acceptors (Lipinski definition) is 2. The van der Waals surface area contributed by atoms with Crippen LogP contribution in [0.15, 0.2) is 0 Å². The van der Waals surface area contributed by atoms with Crippen LogP contribution in [0, 0.1) is 29.1 Å². The zero-order valence-electron chi connectivity index (χ0n) is 6.66. The van der Waals surface area contributed by atoms with Crippen LogP contribution in [0.1, 0.15) is 25.7 Å². The van der Waals surface area contributed by atoms with E-state index in [1.165, 1.54) is 25.7 Å². The van der Waals surface area contributed by atoms with E-state index >= 15 is 0 Å². The first-order valence-electron chi connectivity index (χ1n) is 4.48. The molecule has 0 aromatic heterocycles. The zero-order chi connectivity index (χ0) is 7.84. The summed E-state index contributed by atoms with van der Waals surface area (Å²) >= 11 is 0. The number of nitriles is 1. The summed E-state index contributed by atoms with van der Waals surface area (Å²) in [6.45, 7) is 0. The van der Waals surface area contributed by atoms with Crippen LogP contribution in [-0.2, 0) is 0 Å². The van der Waals surface area contributed by atoms with E-state index in [1.807, 2.05) is 0 Å². The van der Waals surface area contributed by atoms with Crippen molar-refractivity contribution in [3.63, 3.8) is 0 Å². The highest BCUT2D eigenvalue weighted by molar-refractivity contribution is 5.03. The molecule has 2 saturated carbocycles. The number of nitrogens with two attached hydrogens (primary N) is 1. The fourth-order valence-corrected chi connectivity index (χ4v) is 2.02. The van der Waals surface area contributed by atoms with Crippen molar-refractivity contribution in [3.05, 3.63) is 0 Å². The first-order chi connectivity index (χ1) is 5.33. The Balaban J connectivity index is 1.97. The summed E-state index contributed by atoms with van der Waals surface area (Å²) in [7, 11) is 0. The van der Waals surface area contributed by atoms with Gasteiger partial charge in [-0.15, -0.1) is 0 Å². The van der Waals surface area contributed by atoms with Gasteiger partial charge in [-0.25, -0.2) is 0 Å². The molecule has 2 rings (SSSR count). The predicted octanol–water partition coefficient (Wildman–Crippen LogP) is 1.27. The first kappa shape index (κ1) is 7.12. The van der Waals surface area contributed by atoms with E-state index < -0.39 is 0 Å². The minimum atomic E-state index is -0.185. The summed E-state index contributed by atoms with van der Waals surface area (Å²) in [6, 6.07) is 2.00. The van der Waals surface area contributed by atoms with E-state index in [9.17, 15) is 0 Å². The van der Waals surface area contributed by atoms with Gasteiger partial charge in [-0.05, 0) is 43.4 Å². The minimum Gasteiger partial charge on any atom is -0.316 e. The molecule has 1 unspecified atom stereocenters. The molecule has 11 heavy (non-hydrogen) atoms. The van der Waals surface area contributed by atoms with Gasteiger partial charge in [0.15, 0.2) is 0 Å². The molecule has 2 aliphatic carbocycles. The third kappa shape index (κ3) is 1.39. The molecule has 2 aliphatic rings. The molecule has 0 aromatic carbocycles. The van der Waals surface area contributed by atoms with E-state index in [4.69, 9.17) is 11.0 Å². The summed E-state index contributed by atoms with van der Waals surface area (Å²) in [5.41, 5.74) is 5.74. The Hall–Kier alpha value is -0.550. The van der Waals surface area contributed by atoms with E-state index in [-0.39, 0.29) is 6.04 Å². The van der Waals surface area contributed by atoms with Gasteiger partial charge in [0, 0.05) is 0 Å². The van der Waals surface area contributed by atoms with Gasteiger partial charge in [0.1, 0.15) is 0 Å². The third-order valence-corrected chi connectivity index (χ3v) is 2.90. The first-order valence-corrected chi connectivity index (χ1v) is 4.48. The lowest BCUT2D eigenvalue weighted by molar-refractivity contribution is 0.373. The smallest absolute Gasteiger partial charge is 0.0961 e. The molecule has 0 amide bonds. The Morgan fingerprint density at radius 3 is 1.91 bits per heavy atom. The van der Waals surface area contributed by atoms with Crippen LogP contribution < -0.4 is 5.73 Å². The Morgan fingerprint density at radius 2 is 1.64 bits per heavy atom. The van der Waals surface area contributed by atoms with E-state index in [1.54, 1.807) is 0 Å². The highest BCUT2D eigenvalue weighted by Gasteiger charge is 2.44. The lowest BCUT2D eigenvalue weighted by Gasteiger charge is -2.16. The Kier molecular flexibility index (Phi) is 1.61. The van der Waals surface area contributed by atoms with E-state index in [2.05, 4.69) is 6.07 Å². The van der Waals surface area contributed by atoms with Gasteiger partial charge in [0.2, 0.25) is 0 Å². The molecule has 2 N–H and O–H groups in total. The van der Waals surface area contributed by atoms with E-state index in [0.29, 0.717) is 5.92 Å². The Morgan fingerprint density at radius 1 is 1.18 bits per heavy atom. The molecule has 2 heteroatoms. The molecule has 0 saturated heterocycles. The highest BCUT2D eigenvalue weighted by atomic mass is 14.7. The quantitative estimate of drug-likeness (QED) is 0.658. The van der Waals surface area contributed by atoms with E-state index in [0.717, 1.165) is 11.8 Å². The fourth-order valence-electron chi connectivity index (χ4n) is 2.02. The van der Waals surface area contributed by atoms with Crippen LogP contribution in [0.4, 0.5) is 0 Å². The SMILES string of the molecule is N#CC(N)C(C1CC1)C1CC1. The number of nitrogens with zero attached hydrogens (tertiary/aromatic N) is 1. The van der Waals surface area contributed by atoms with Crippen molar-refractivity contribution in [3.8, 4) is 6.07 Å². The molecule has 0 aromatic rings. The van der Waals surface area contributed by atoms with Gasteiger partial charge in [-0.2, -0.15) is 5.26 Å². The van der Waals surface area contributed by atoms with Gasteiger partial charge in [0.05, 0.1) is 12.1 Å². The highest BCUT2D eigenvalue weighted by Crippen LogP contribution is 2.50. The van der Waals surface area contributed by atoms with Crippen molar-refractivity contribution in [2.24, 2.45) is 23.5 Å². The second-order valence-electron chi connectivity index (χ2n) is 3.91. The molecule has 2 fully saturated rings. The molecule has 2 nitrogen and oxygen atoms in total. The number of rotatable bonds is 3. The van der Waals surface area contributed by atoms with Crippen molar-refractivity contribution < 1.29 is 0 Å². The molecule has 0 heterocycles. The Labute approximate surface area is 67.4 Å². The number of hydrogen-bond donors (Lipinski definition) is 1. The summed E-state index contributed by atoms with van der Waals surface area (Å²) in [4.78, 5) is 0. The molecule has 0 spiro atoms. The van der Waals surface area contributed by atoms with Gasteiger partial charge in [-0.1, -0.05) is 0 Å². The van der Waals surface area contributed by atoms with Crippen LogP contribution in [-0.4, -0.2) is 6.04 Å². The van der Waals surface area contributed by atoms with Crippen molar-refractivity contribution in [1.29, 1.82) is 5.26 Å². The van der Waals surface area contributed by atoms with Crippen LogP contribution in [0.5, 0.6) is 0 Å². The molecule has 0 aliphatic heterocycles. The molecule has 0 radical (unpaired) electrons. The molecule has 0 bridgehead atoms. The maximum atomic E-state index is 8.68. The van der Waals surface area contributed by atoms with Gasteiger partial charge < -0.3 is 5.73 Å². The average molecular weight is 150 g/mol. The topological polar surface area (TPSA) is 49.8 Å². The van der Waals surface area contributed by atoms with Gasteiger partial charge in [0.25, 0.3) is 0 Å². The normalized spacial score (nSPS) is 26.6. The predicted molar refractivity (Wildman–Crippen MR) is 42.5 cm³/mol. The summed E-state index contributed by atoms with van der Waals surface area (Å²) in [6.07, 6.45) is 5.26. The maximum absolute atomic E-state index is 8.68. The summed E-state index contributed by atoms with van der Waals surface area (Å²) in [5, 5.41) is 8.68. The van der Waals surface area contributed by atoms with Crippen LogP contribution in [0.3, 0.4) is 0 Å². The van der Waals surface area contributed by atoms with Crippen LogP contribution in [0.25, 0.3) is 0 Å². The molecule has 60 valence electrons. The average Bonchev–Trinajstić information content (AvgIpc) is 2.81. The standard InChI is InChI=1S/C9H14N2/c10-5-8(11)9(6-1-2-6)7-3-4-7/h6-9H,1-4,11H2. The van der Waals surface area contributed by atoms with Crippen molar-refractivity contribution in [1.82, 2.24) is 0 Å². The summed E-state index contributed by atoms with van der Waals surface area (Å²) in [5.74, 6) is 2.15. The summed E-state index contributed by atoms with van der Waals surface area (Å²) < 4.78 is 0. The van der Waals surface area contributed by atoms with Crippen LogP contribution in [0.2, 0.25) is 0 Å². The monoisotopic (exact) mass is 150 g/mol. The molecular weight excluding hydrogens is 136 g/mol. The third-order valence-electron chi connectivity index (χ3n) is 2.90. The van der Waals surface area contributed by atoms with Crippen molar-refractivity contribution in [2.45, 2.75) is 31.7 Å². The minimum absolute atomic E-state index is 0.185. The van der Waals surface area contributed by atoms with Crippen LogP contribution >= 0.6 is 0 Å². The largest absolute Gasteiger partial charge is 0.316 e. The Bertz CT molecular complexity index is 174. The molecule has 1 atom stereocenters. The maximum Gasteiger partial charge on any atom is 0.0961 e. The van der Waals surface area contributed by atoms with Crippen molar-refractivity contribution >= 4 is 0 Å². The lowest BCUT2D eigenvalue weighted by Crippen LogP contribution is -2.31. The lowest BCUT2D eigenvalue weighted by atomic mass is 9.91. The zero-order valence-corrected chi connectivity index (χ0v) is 6.66. The molecular formula is C9H14N2. The van der Waals surface area contributed by atoms with Gasteiger partial charge >= 0.3 is 0 Å².